The Kier molecular flexibility index (Phi) is 8.30. The number of ether oxygens (including phenoxy) is 1. The molecule has 1 aromatic rings. The lowest BCUT2D eigenvalue weighted by molar-refractivity contribution is -0.137. The van der Waals surface area contributed by atoms with E-state index in [0.717, 1.165) is 62.8 Å². The van der Waals surface area contributed by atoms with E-state index in [1.54, 1.807) is 0 Å². The second-order valence-electron chi connectivity index (χ2n) is 7.25. The molecule has 160 valence electrons. The molecule has 0 bridgehead atoms. The van der Waals surface area contributed by atoms with Gasteiger partial charge in [0.25, 0.3) is 0 Å². The zero-order valence-electron chi connectivity index (χ0n) is 16.0. The summed E-state index contributed by atoms with van der Waals surface area (Å²) in [6.45, 7) is 1.12. The Hall–Kier alpha value is -1.16. The zero-order chi connectivity index (χ0) is 20.8. The maximum Gasteiger partial charge on any atom is 0.416 e. The molecule has 2 rings (SSSR count). The Labute approximate surface area is 164 Å². The number of halogens is 3. The Morgan fingerprint density at radius 2 is 1.71 bits per heavy atom. The summed E-state index contributed by atoms with van der Waals surface area (Å²) < 4.78 is 70.2. The second kappa shape index (κ2) is 10.0. The molecule has 0 unspecified atom stereocenters. The van der Waals surface area contributed by atoms with E-state index in [4.69, 9.17) is 9.84 Å². The fourth-order valence-corrected chi connectivity index (χ4v) is 4.65. The fraction of sp³-hybridized carbons (Fsp3) is 0.684. The van der Waals surface area contributed by atoms with Gasteiger partial charge in [0.15, 0.2) is 0 Å². The molecule has 1 aliphatic rings. The first-order chi connectivity index (χ1) is 13.1. The normalized spacial score (nSPS) is 21.2. The van der Waals surface area contributed by atoms with Gasteiger partial charge in [-0.25, -0.2) is 12.7 Å². The summed E-state index contributed by atoms with van der Waals surface area (Å²) in [5.74, 6) is 0.200. The van der Waals surface area contributed by atoms with E-state index in [0.29, 0.717) is 13.2 Å². The van der Waals surface area contributed by atoms with Crippen LogP contribution in [0.5, 0.6) is 0 Å². The van der Waals surface area contributed by atoms with Crippen molar-refractivity contribution in [2.75, 3.05) is 26.8 Å². The molecule has 0 amide bonds. The van der Waals surface area contributed by atoms with Gasteiger partial charge in [-0.05, 0) is 68.7 Å². The second-order valence-corrected chi connectivity index (χ2v) is 9.30. The van der Waals surface area contributed by atoms with Gasteiger partial charge in [0.05, 0.1) is 16.6 Å². The number of unbranched alkanes of at least 4 members (excludes halogenated alkanes) is 1. The number of alkyl halides is 3. The maximum atomic E-state index is 12.7. The predicted octanol–water partition coefficient (Wildman–Crippen LogP) is 3.67. The minimum atomic E-state index is -4.49. The number of rotatable bonds is 9. The number of nitrogens with zero attached hydrogens (tertiary/aromatic N) is 1. The van der Waals surface area contributed by atoms with Crippen molar-refractivity contribution in [1.29, 1.82) is 0 Å². The van der Waals surface area contributed by atoms with E-state index in [9.17, 15) is 21.6 Å². The summed E-state index contributed by atoms with van der Waals surface area (Å²) in [4.78, 5) is -0.135. The molecule has 1 aliphatic carbocycles. The largest absolute Gasteiger partial charge is 0.416 e. The number of hydrogen-bond acceptors (Lipinski definition) is 4. The van der Waals surface area contributed by atoms with Crippen molar-refractivity contribution in [2.45, 2.75) is 55.7 Å². The third kappa shape index (κ3) is 6.43. The van der Waals surface area contributed by atoms with Gasteiger partial charge < -0.3 is 9.84 Å². The Balaban J connectivity index is 1.86. The van der Waals surface area contributed by atoms with Gasteiger partial charge in [0.2, 0.25) is 10.0 Å². The summed E-state index contributed by atoms with van der Waals surface area (Å²) >= 11 is 0. The molecule has 0 spiro atoms. The molecule has 1 saturated carbocycles. The van der Waals surface area contributed by atoms with Gasteiger partial charge in [-0.3, -0.25) is 0 Å². The average molecular weight is 423 g/mol. The van der Waals surface area contributed by atoms with Crippen molar-refractivity contribution in [1.82, 2.24) is 4.31 Å². The van der Waals surface area contributed by atoms with E-state index in [1.165, 1.54) is 11.4 Å². The lowest BCUT2D eigenvalue weighted by atomic mass is 9.87. The predicted molar refractivity (Wildman–Crippen MR) is 99.3 cm³/mol. The molecule has 5 nitrogen and oxygen atoms in total. The van der Waals surface area contributed by atoms with Crippen molar-refractivity contribution < 1.29 is 31.4 Å². The van der Waals surface area contributed by atoms with Crippen molar-refractivity contribution in [2.24, 2.45) is 5.92 Å². The summed E-state index contributed by atoms with van der Waals surface area (Å²) in [5, 5.41) is 8.76. The number of benzene rings is 1. The van der Waals surface area contributed by atoms with Crippen LogP contribution in [0.3, 0.4) is 0 Å². The zero-order valence-corrected chi connectivity index (χ0v) is 16.8. The summed E-state index contributed by atoms with van der Waals surface area (Å²) in [7, 11) is -2.36. The summed E-state index contributed by atoms with van der Waals surface area (Å²) in [5.41, 5.74) is -0.869. The van der Waals surface area contributed by atoms with E-state index < -0.39 is 21.8 Å². The molecule has 0 saturated heterocycles. The summed E-state index contributed by atoms with van der Waals surface area (Å²) in [6, 6.07) is 3.59. The monoisotopic (exact) mass is 423 g/mol. The van der Waals surface area contributed by atoms with Crippen LogP contribution in [-0.4, -0.2) is 50.7 Å². The highest BCUT2D eigenvalue weighted by Gasteiger charge is 2.32. The van der Waals surface area contributed by atoms with Crippen LogP contribution in [0, 0.1) is 5.92 Å². The minimum Gasteiger partial charge on any atom is -0.396 e. The molecule has 1 aromatic carbocycles. The number of sulfonamides is 1. The fourth-order valence-electron chi connectivity index (χ4n) is 3.40. The van der Waals surface area contributed by atoms with Gasteiger partial charge in [-0.2, -0.15) is 13.2 Å². The quantitative estimate of drug-likeness (QED) is 0.616. The van der Waals surface area contributed by atoms with E-state index in [1.807, 2.05) is 0 Å². The standard InChI is InChI=1S/C19H28F3NO4S/c1-23(14-15-4-8-17(9-5-15)27-13-3-2-12-24)28(25,26)18-10-6-16(7-11-18)19(20,21)22/h6-7,10-11,15,17,24H,2-5,8-9,12-14H2,1H3. The molecule has 0 aliphatic heterocycles. The van der Waals surface area contributed by atoms with Gasteiger partial charge in [-0.1, -0.05) is 0 Å². The Morgan fingerprint density at radius 3 is 2.25 bits per heavy atom. The van der Waals surface area contributed by atoms with Crippen LogP contribution in [0.4, 0.5) is 13.2 Å². The Morgan fingerprint density at radius 1 is 1.11 bits per heavy atom. The topological polar surface area (TPSA) is 66.8 Å². The SMILES string of the molecule is CN(CC1CCC(OCCCCO)CC1)S(=O)(=O)c1ccc(C(F)(F)F)cc1. The molecule has 0 aromatic heterocycles. The molecule has 0 radical (unpaired) electrons. The smallest absolute Gasteiger partial charge is 0.396 e. The van der Waals surface area contributed by atoms with Crippen LogP contribution in [0.2, 0.25) is 0 Å². The molecule has 0 atom stereocenters. The van der Waals surface area contributed by atoms with Crippen LogP contribution in [0.1, 0.15) is 44.1 Å². The number of aliphatic hydroxyl groups excluding tert-OH is 1. The first-order valence-electron chi connectivity index (χ1n) is 9.50. The van der Waals surface area contributed by atoms with E-state index >= 15 is 0 Å². The van der Waals surface area contributed by atoms with Crippen LogP contribution in [0.25, 0.3) is 0 Å². The van der Waals surface area contributed by atoms with Crippen LogP contribution in [0.15, 0.2) is 29.2 Å². The van der Waals surface area contributed by atoms with Crippen molar-refractivity contribution in [3.63, 3.8) is 0 Å². The molecule has 9 heteroatoms. The molecule has 28 heavy (non-hydrogen) atoms. The van der Waals surface area contributed by atoms with E-state index in [-0.39, 0.29) is 23.5 Å². The average Bonchev–Trinajstić information content (AvgIpc) is 2.66. The van der Waals surface area contributed by atoms with Gasteiger partial charge in [0.1, 0.15) is 0 Å². The minimum absolute atomic E-state index is 0.135. The van der Waals surface area contributed by atoms with Crippen LogP contribution in [-0.2, 0) is 20.9 Å². The molecular weight excluding hydrogens is 395 g/mol. The highest BCUT2D eigenvalue weighted by molar-refractivity contribution is 7.89. The first kappa shape index (κ1) is 23.1. The molecule has 1 N–H and O–H groups in total. The van der Waals surface area contributed by atoms with Crippen molar-refractivity contribution >= 4 is 10.0 Å². The number of aliphatic hydroxyl groups is 1. The molecule has 0 heterocycles. The van der Waals surface area contributed by atoms with Crippen molar-refractivity contribution in [3.05, 3.63) is 29.8 Å². The maximum absolute atomic E-state index is 12.7. The van der Waals surface area contributed by atoms with Crippen LogP contribution >= 0.6 is 0 Å². The third-order valence-electron chi connectivity index (χ3n) is 5.10. The lowest BCUT2D eigenvalue weighted by Gasteiger charge is -2.31. The third-order valence-corrected chi connectivity index (χ3v) is 6.94. The van der Waals surface area contributed by atoms with Gasteiger partial charge in [-0.15, -0.1) is 0 Å². The van der Waals surface area contributed by atoms with E-state index in [2.05, 4.69) is 0 Å². The van der Waals surface area contributed by atoms with Crippen LogP contribution < -0.4 is 0 Å². The lowest BCUT2D eigenvalue weighted by Crippen LogP contribution is -2.34. The Bertz CT molecular complexity index is 699. The first-order valence-corrected chi connectivity index (χ1v) is 10.9. The summed E-state index contributed by atoms with van der Waals surface area (Å²) in [6.07, 6.45) is 0.636. The molecular formula is C19H28F3NO4S. The molecule has 1 fully saturated rings. The van der Waals surface area contributed by atoms with Gasteiger partial charge in [0, 0.05) is 26.8 Å². The van der Waals surface area contributed by atoms with Gasteiger partial charge >= 0.3 is 6.18 Å². The van der Waals surface area contributed by atoms with Crippen molar-refractivity contribution in [3.8, 4) is 0 Å². The highest BCUT2D eigenvalue weighted by atomic mass is 32.2. The number of hydrogen-bond donors (Lipinski definition) is 1. The highest BCUT2D eigenvalue weighted by Crippen LogP contribution is 2.31.